The molecular formula is C16H17ClN2O3. The highest BCUT2D eigenvalue weighted by atomic mass is 35.5. The normalized spacial score (nSPS) is 19.5. The summed E-state index contributed by atoms with van der Waals surface area (Å²) >= 11 is 6.03. The molecule has 0 amide bonds. The van der Waals surface area contributed by atoms with Crippen molar-refractivity contribution < 1.29 is 14.6 Å². The van der Waals surface area contributed by atoms with Crippen LogP contribution in [0.5, 0.6) is 0 Å². The van der Waals surface area contributed by atoms with Gasteiger partial charge in [0.15, 0.2) is 0 Å². The number of fused-ring (bicyclic) bond motifs is 2. The smallest absolute Gasteiger partial charge is 0.303 e. The van der Waals surface area contributed by atoms with Crippen molar-refractivity contribution in [3.05, 3.63) is 35.0 Å². The van der Waals surface area contributed by atoms with Crippen LogP contribution in [0.1, 0.15) is 32.4 Å². The zero-order valence-corrected chi connectivity index (χ0v) is 13.1. The summed E-state index contributed by atoms with van der Waals surface area (Å²) in [6.45, 7) is 3.88. The first kappa shape index (κ1) is 15.1. The van der Waals surface area contributed by atoms with Gasteiger partial charge in [-0.15, -0.1) is 0 Å². The minimum absolute atomic E-state index is 0.0515. The summed E-state index contributed by atoms with van der Waals surface area (Å²) in [6.07, 6.45) is 0.0962. The van der Waals surface area contributed by atoms with Gasteiger partial charge in [-0.3, -0.25) is 4.79 Å². The summed E-state index contributed by atoms with van der Waals surface area (Å²) in [5.74, 6) is -0.836. The van der Waals surface area contributed by atoms with E-state index in [2.05, 4.69) is 10.3 Å². The standard InChI is InChI=1S/C16H17ClN2O3/c1-16(2)15-12(18-13(22-16)5-6-14(20)21)8-9-7-10(17)3-4-11(9)19-15/h3-4,7-8,13,18H,5-6H2,1-2H3,(H,20,21). The van der Waals surface area contributed by atoms with Gasteiger partial charge in [0.05, 0.1) is 16.9 Å². The quantitative estimate of drug-likeness (QED) is 0.901. The molecule has 0 fully saturated rings. The predicted molar refractivity (Wildman–Crippen MR) is 85.1 cm³/mol. The van der Waals surface area contributed by atoms with Gasteiger partial charge in [-0.2, -0.15) is 0 Å². The maximum absolute atomic E-state index is 10.8. The summed E-state index contributed by atoms with van der Waals surface area (Å²) in [6, 6.07) is 7.54. The lowest BCUT2D eigenvalue weighted by molar-refractivity contribution is -0.139. The van der Waals surface area contributed by atoms with E-state index in [0.717, 1.165) is 22.3 Å². The number of ether oxygens (including phenoxy) is 1. The Hall–Kier alpha value is -1.85. The summed E-state index contributed by atoms with van der Waals surface area (Å²) < 4.78 is 5.96. The molecule has 1 unspecified atom stereocenters. The van der Waals surface area contributed by atoms with Gasteiger partial charge < -0.3 is 15.2 Å². The molecule has 0 aliphatic carbocycles. The van der Waals surface area contributed by atoms with Crippen LogP contribution in [0.4, 0.5) is 5.69 Å². The second kappa shape index (κ2) is 5.41. The van der Waals surface area contributed by atoms with Crippen LogP contribution in [0, 0.1) is 0 Å². The Balaban J connectivity index is 2.00. The molecule has 0 saturated carbocycles. The van der Waals surface area contributed by atoms with Crippen molar-refractivity contribution in [2.75, 3.05) is 5.32 Å². The van der Waals surface area contributed by atoms with E-state index in [-0.39, 0.29) is 12.6 Å². The van der Waals surface area contributed by atoms with Gasteiger partial charge in [-0.05, 0) is 38.1 Å². The highest BCUT2D eigenvalue weighted by Gasteiger charge is 2.35. The molecule has 116 valence electrons. The molecule has 2 aromatic rings. The van der Waals surface area contributed by atoms with E-state index in [9.17, 15) is 4.79 Å². The SMILES string of the molecule is CC1(C)OC(CCC(=O)O)Nc2cc3cc(Cl)ccc3nc21. The van der Waals surface area contributed by atoms with Crippen LogP contribution in [0.25, 0.3) is 10.9 Å². The number of benzene rings is 1. The third kappa shape index (κ3) is 2.87. The zero-order chi connectivity index (χ0) is 15.9. The molecule has 0 radical (unpaired) electrons. The Morgan fingerprint density at radius 3 is 2.95 bits per heavy atom. The molecule has 5 nitrogen and oxygen atoms in total. The van der Waals surface area contributed by atoms with E-state index in [1.807, 2.05) is 38.1 Å². The van der Waals surface area contributed by atoms with E-state index in [0.29, 0.717) is 11.4 Å². The van der Waals surface area contributed by atoms with E-state index in [1.54, 1.807) is 0 Å². The fourth-order valence-electron chi connectivity index (χ4n) is 2.72. The van der Waals surface area contributed by atoms with Crippen LogP contribution in [-0.4, -0.2) is 22.3 Å². The number of carboxylic acid groups (broad SMARTS) is 1. The summed E-state index contributed by atoms with van der Waals surface area (Å²) in [5, 5.41) is 13.7. The second-order valence-corrected chi connectivity index (χ2v) is 6.35. The summed E-state index contributed by atoms with van der Waals surface area (Å²) in [4.78, 5) is 15.4. The molecule has 3 rings (SSSR count). The van der Waals surface area contributed by atoms with Crippen molar-refractivity contribution in [2.24, 2.45) is 0 Å². The molecule has 0 saturated heterocycles. The van der Waals surface area contributed by atoms with E-state index >= 15 is 0 Å². The summed E-state index contributed by atoms with van der Waals surface area (Å²) in [7, 11) is 0. The van der Waals surface area contributed by atoms with Gasteiger partial charge in [0.1, 0.15) is 11.8 Å². The lowest BCUT2D eigenvalue weighted by Gasteiger charge is -2.38. The lowest BCUT2D eigenvalue weighted by Crippen LogP contribution is -2.40. The minimum atomic E-state index is -0.836. The molecule has 1 aliphatic rings. The van der Waals surface area contributed by atoms with Gasteiger partial charge in [0.25, 0.3) is 0 Å². The molecule has 2 heterocycles. The van der Waals surface area contributed by atoms with Crippen molar-refractivity contribution >= 4 is 34.2 Å². The van der Waals surface area contributed by atoms with Crippen molar-refractivity contribution in [3.8, 4) is 0 Å². The number of halogens is 1. The van der Waals surface area contributed by atoms with Crippen LogP contribution < -0.4 is 5.32 Å². The Labute approximate surface area is 133 Å². The first-order chi connectivity index (χ1) is 10.3. The van der Waals surface area contributed by atoms with Crippen LogP contribution in [-0.2, 0) is 15.1 Å². The number of nitrogens with zero attached hydrogens (tertiary/aromatic N) is 1. The molecule has 0 spiro atoms. The van der Waals surface area contributed by atoms with Gasteiger partial charge >= 0.3 is 5.97 Å². The largest absolute Gasteiger partial charge is 0.481 e. The minimum Gasteiger partial charge on any atom is -0.481 e. The first-order valence-electron chi connectivity index (χ1n) is 7.12. The monoisotopic (exact) mass is 320 g/mol. The van der Waals surface area contributed by atoms with Gasteiger partial charge in [0, 0.05) is 23.3 Å². The lowest BCUT2D eigenvalue weighted by atomic mass is 9.98. The molecule has 1 aromatic heterocycles. The number of pyridine rings is 1. The Kier molecular flexibility index (Phi) is 3.70. The average Bonchev–Trinajstić information content (AvgIpc) is 2.42. The fraction of sp³-hybridized carbons (Fsp3) is 0.375. The number of carboxylic acids is 1. The maximum Gasteiger partial charge on any atom is 0.303 e. The Morgan fingerprint density at radius 1 is 1.45 bits per heavy atom. The topological polar surface area (TPSA) is 71.5 Å². The van der Waals surface area contributed by atoms with E-state index < -0.39 is 11.6 Å². The molecule has 6 heteroatoms. The third-order valence-electron chi connectivity index (χ3n) is 3.72. The maximum atomic E-state index is 10.8. The Morgan fingerprint density at radius 2 is 2.23 bits per heavy atom. The van der Waals surface area contributed by atoms with Gasteiger partial charge in [-0.1, -0.05) is 11.6 Å². The van der Waals surface area contributed by atoms with Gasteiger partial charge in [-0.25, -0.2) is 4.98 Å². The van der Waals surface area contributed by atoms with Crippen LogP contribution >= 0.6 is 11.6 Å². The molecule has 22 heavy (non-hydrogen) atoms. The molecule has 1 aliphatic heterocycles. The molecule has 1 atom stereocenters. The number of rotatable bonds is 3. The van der Waals surface area contributed by atoms with E-state index in [1.165, 1.54) is 0 Å². The van der Waals surface area contributed by atoms with Crippen molar-refractivity contribution in [3.63, 3.8) is 0 Å². The predicted octanol–water partition coefficient (Wildman–Crippen LogP) is 3.76. The fourth-order valence-corrected chi connectivity index (χ4v) is 2.90. The third-order valence-corrected chi connectivity index (χ3v) is 3.96. The second-order valence-electron chi connectivity index (χ2n) is 5.92. The van der Waals surface area contributed by atoms with E-state index in [4.69, 9.17) is 21.4 Å². The van der Waals surface area contributed by atoms with Crippen LogP contribution in [0.15, 0.2) is 24.3 Å². The number of aromatic nitrogens is 1. The molecule has 2 N–H and O–H groups in total. The molecule has 0 bridgehead atoms. The summed E-state index contributed by atoms with van der Waals surface area (Å²) in [5.41, 5.74) is 1.94. The Bertz CT molecular complexity index is 745. The number of anilines is 1. The number of hydrogen-bond acceptors (Lipinski definition) is 4. The van der Waals surface area contributed by atoms with Crippen molar-refractivity contribution in [1.82, 2.24) is 4.98 Å². The number of carbonyl (C=O) groups is 1. The molecule has 1 aromatic carbocycles. The molecular weight excluding hydrogens is 304 g/mol. The zero-order valence-electron chi connectivity index (χ0n) is 12.4. The van der Waals surface area contributed by atoms with Crippen molar-refractivity contribution in [2.45, 2.75) is 38.5 Å². The highest BCUT2D eigenvalue weighted by Crippen LogP contribution is 2.38. The number of aliphatic carboxylic acids is 1. The van der Waals surface area contributed by atoms with Crippen molar-refractivity contribution in [1.29, 1.82) is 0 Å². The van der Waals surface area contributed by atoms with Crippen LogP contribution in [0.3, 0.4) is 0 Å². The van der Waals surface area contributed by atoms with Gasteiger partial charge in [0.2, 0.25) is 0 Å². The highest BCUT2D eigenvalue weighted by molar-refractivity contribution is 6.31. The van der Waals surface area contributed by atoms with Crippen LogP contribution in [0.2, 0.25) is 5.02 Å². The number of hydrogen-bond donors (Lipinski definition) is 2. The number of nitrogens with one attached hydrogen (secondary N) is 1. The first-order valence-corrected chi connectivity index (χ1v) is 7.50. The average molecular weight is 321 g/mol.